The van der Waals surface area contributed by atoms with Gasteiger partial charge in [-0.25, -0.2) is 4.98 Å². The number of nitrogens with zero attached hydrogens (tertiary/aromatic N) is 6. The molecule has 24 N–H and O–H groups in total. The van der Waals surface area contributed by atoms with E-state index in [-0.39, 0.29) is 96.1 Å². The molecule has 3 aliphatic heterocycles. The molecule has 0 radical (unpaired) electrons. The number of fused-ring (bicyclic) bond motifs is 4. The first-order chi connectivity index (χ1) is 64.8. The molecule has 3 saturated heterocycles. The van der Waals surface area contributed by atoms with Crippen LogP contribution < -0.4 is 75.7 Å². The number of carbonyl (C=O) groups excluding carboxylic acids is 17. The number of likely N-dealkylation sites (N-methyl/N-ethyl adjacent to an activating group) is 3. The lowest BCUT2D eigenvalue weighted by atomic mass is 9.98. The van der Waals surface area contributed by atoms with Gasteiger partial charge in [-0.05, 0) is 106 Å². The highest BCUT2D eigenvalue weighted by molar-refractivity contribution is 8.00. The number of carbonyl (C=O) groups is 17. The zero-order valence-electron chi connectivity index (χ0n) is 77.3. The maximum absolute atomic E-state index is 15.8. The van der Waals surface area contributed by atoms with Gasteiger partial charge >= 0.3 is 0 Å². The number of hydrogen-bond acceptors (Lipinski definition) is 25. The topological polar surface area (TPSA) is 671 Å². The van der Waals surface area contributed by atoms with E-state index in [2.05, 4.69) is 78.4 Å². The number of aliphatic hydroxyl groups excluding tert-OH is 2. The third-order valence-corrected chi connectivity index (χ3v) is 25.1. The van der Waals surface area contributed by atoms with Gasteiger partial charge in [-0.15, -0.1) is 11.8 Å². The van der Waals surface area contributed by atoms with Gasteiger partial charge in [0.15, 0.2) is 17.9 Å². The molecule has 9 rings (SSSR count). The van der Waals surface area contributed by atoms with Crippen LogP contribution >= 0.6 is 11.8 Å². The fraction of sp³-hybridized carbons (Fsp3) is 0.522. The molecule has 3 fully saturated rings. The van der Waals surface area contributed by atoms with Crippen LogP contribution in [0.3, 0.4) is 0 Å². The number of amides is 16. The number of aromatic hydroxyl groups is 1. The predicted molar refractivity (Wildman–Crippen MR) is 497 cm³/mol. The molecule has 6 aromatic rings. The summed E-state index contributed by atoms with van der Waals surface area (Å²) in [6, 6.07) is -1.52. The van der Waals surface area contributed by atoms with E-state index in [0.717, 1.165) is 36.3 Å². The Morgan fingerprint density at radius 2 is 1.22 bits per heavy atom. The van der Waals surface area contributed by atoms with Crippen molar-refractivity contribution in [2.24, 2.45) is 23.1 Å². The Labute approximate surface area is 788 Å². The number of benzene rings is 3. The summed E-state index contributed by atoms with van der Waals surface area (Å²) in [5.74, 6) is -17.8. The highest BCUT2D eigenvalue weighted by atomic mass is 32.2. The van der Waals surface area contributed by atoms with Crippen molar-refractivity contribution in [3.8, 4) is 5.75 Å². The molecular formula is C90H126N24O21S. The van der Waals surface area contributed by atoms with E-state index in [1.54, 1.807) is 81.7 Å². The van der Waals surface area contributed by atoms with Gasteiger partial charge in [0.25, 0.3) is 0 Å². The lowest BCUT2D eigenvalue weighted by Gasteiger charge is -2.39. The number of imidazole rings is 1. The number of aromatic amines is 3. The van der Waals surface area contributed by atoms with Crippen molar-refractivity contribution in [1.82, 2.24) is 103 Å². The first-order valence-electron chi connectivity index (χ1n) is 45.1. The highest BCUT2D eigenvalue weighted by Crippen LogP contribution is 2.32. The van der Waals surface area contributed by atoms with Crippen LogP contribution in [0.25, 0.3) is 21.8 Å². The summed E-state index contributed by atoms with van der Waals surface area (Å²) in [6.07, 6.45) is 2.43. The summed E-state index contributed by atoms with van der Waals surface area (Å²) >= 11 is 0.744. The fourth-order valence-electron chi connectivity index (χ4n) is 16.7. The van der Waals surface area contributed by atoms with Crippen molar-refractivity contribution in [3.63, 3.8) is 0 Å². The normalized spacial score (nSPS) is 25.1. The van der Waals surface area contributed by atoms with Crippen molar-refractivity contribution in [1.29, 1.82) is 5.41 Å². The van der Waals surface area contributed by atoms with Crippen LogP contribution in [0, 0.1) is 11.3 Å². The molecule has 136 heavy (non-hydrogen) atoms. The van der Waals surface area contributed by atoms with Crippen LogP contribution in [0.4, 0.5) is 0 Å². The standard InChI is InChI=1S/C90H126N24O21S/c1-9-11-23-71-88(134)112(8)72(44-135-10-2)83(129)102-61(22-16-29-96-89(93)94)78(124)108-69(77(123)99-41-74(92)120)45-136-46-75(121)101-65(32-51-25-27-55(117)28-26-51)84(130)110(6)50(5)76(122)104-67(36-73(91)119)86(132)113-30-17-24-70(113)82(128)103-62(35-54-40-95-48-100-54)79(125)105-64(31-49(3)4)87(133)114-42-56(118)37-90(114,47-116)109-63(33-52-38-97-59-20-14-12-18-57(52)59)80(126)107-68(43-115)81(127)106-66(85(131)111(71)7)34-53-39-98-60-21-15-13-19-58(53)60/h12-15,18-21,25-28,38-40,47-50,56,61-72,97-98,109,115,117-118H,9-11,16-17,22-24,29-37,41-46H2,1-8H3,(H2,91,119)(H2,92,120)(H,95,100)(H,99,123)(H,101,121)(H,102,129)(H,103,128)(H,104,122)(H,105,125)(H,106,127)(H,107,126)(H,108,124)(H4,93,94,96)/t50-,56+,61-,62-,63-,64-,65-,66-,67-,68-,69?,70-,71-,72-,90?/m0/s1. The van der Waals surface area contributed by atoms with Crippen LogP contribution in [-0.2, 0) is 112 Å². The number of thioether (sulfide) groups is 1. The Morgan fingerprint density at radius 1 is 0.632 bits per heavy atom. The Bertz CT molecular complexity index is 5250. The molecule has 16 amide bonds. The molecule has 2 unspecified atom stereocenters. The number of phenolic OH excluding ortho intramolecular Hbond substituents is 1. The van der Waals surface area contributed by atoms with E-state index in [4.69, 9.17) is 27.3 Å². The van der Waals surface area contributed by atoms with E-state index >= 15 is 33.6 Å². The summed E-state index contributed by atoms with van der Waals surface area (Å²) in [4.78, 5) is 269. The number of ether oxygens (including phenoxy) is 1. The van der Waals surface area contributed by atoms with Crippen molar-refractivity contribution in [3.05, 3.63) is 120 Å². The number of guanidine groups is 1. The Hall–Kier alpha value is -13.6. The summed E-state index contributed by atoms with van der Waals surface area (Å²) in [5, 5.41) is 71.6. The second-order valence-corrected chi connectivity index (χ2v) is 35.6. The first-order valence-corrected chi connectivity index (χ1v) is 46.2. The predicted octanol–water partition coefficient (Wildman–Crippen LogP) is -4.08. The highest BCUT2D eigenvalue weighted by Gasteiger charge is 2.53. The quantitative estimate of drug-likeness (QED) is 0.0101. The van der Waals surface area contributed by atoms with Gasteiger partial charge in [-0.2, -0.15) is 0 Å². The summed E-state index contributed by atoms with van der Waals surface area (Å²) in [6.45, 7) is 4.96. The van der Waals surface area contributed by atoms with Gasteiger partial charge in [0.1, 0.15) is 78.3 Å². The number of aliphatic hydroxyl groups is 2. The minimum atomic E-state index is -2.33. The molecule has 0 spiro atoms. The fourth-order valence-corrected chi connectivity index (χ4v) is 17.5. The molecular weight excluding hydrogens is 1790 g/mol. The van der Waals surface area contributed by atoms with Gasteiger partial charge in [-0.3, -0.25) is 92.2 Å². The van der Waals surface area contributed by atoms with Crippen molar-refractivity contribution in [2.45, 2.75) is 215 Å². The lowest BCUT2D eigenvalue weighted by molar-refractivity contribution is -0.150. The Kier molecular flexibility index (Phi) is 39.1. The number of para-hydroxylation sites is 2. The van der Waals surface area contributed by atoms with E-state index in [1.165, 1.54) is 64.9 Å². The average molecular weight is 1910 g/mol. The number of primary amides is 2. The Balaban J connectivity index is 1.12. The number of hydrogen-bond donors (Lipinski definition) is 21. The smallest absolute Gasteiger partial charge is 0.247 e. The van der Waals surface area contributed by atoms with Crippen LogP contribution in [0.2, 0.25) is 0 Å². The van der Waals surface area contributed by atoms with Crippen LogP contribution in [0.5, 0.6) is 5.75 Å². The minimum Gasteiger partial charge on any atom is -0.508 e. The molecule has 0 bridgehead atoms. The number of aldehydes is 1. The molecule has 738 valence electrons. The number of nitrogens with two attached hydrogens (primary N) is 3. The molecule has 3 aromatic heterocycles. The van der Waals surface area contributed by atoms with E-state index in [1.807, 2.05) is 6.92 Å². The van der Waals surface area contributed by atoms with Gasteiger partial charge in [0.05, 0.1) is 50.4 Å². The zero-order valence-corrected chi connectivity index (χ0v) is 78.1. The summed E-state index contributed by atoms with van der Waals surface area (Å²) < 4.78 is 5.84. The van der Waals surface area contributed by atoms with Gasteiger partial charge in [0.2, 0.25) is 94.5 Å². The molecule has 0 aliphatic carbocycles. The third kappa shape index (κ3) is 28.7. The average Bonchev–Trinajstić information content (AvgIpc) is 1.61. The van der Waals surface area contributed by atoms with E-state index in [9.17, 15) is 63.3 Å². The zero-order chi connectivity index (χ0) is 99.4. The van der Waals surface area contributed by atoms with Gasteiger partial charge < -0.3 is 130 Å². The largest absolute Gasteiger partial charge is 0.508 e. The molecule has 45 nitrogen and oxygen atoms in total. The number of unbranched alkanes of at least 4 members (excludes halogenated alkanes) is 1. The maximum atomic E-state index is 15.8. The molecule has 3 aromatic carbocycles. The monoisotopic (exact) mass is 1910 g/mol. The summed E-state index contributed by atoms with van der Waals surface area (Å²) in [7, 11) is 3.78. The SMILES string of the molecule is CCCC[C@H]1C(=O)N(C)[C@@H](COCC)C(=O)N[C@@H](CCCNC(=N)N)C(=O)NC(C(=O)NCC(N)=O)CSCC(=O)N[C@@H](Cc2ccc(O)cc2)C(=O)N(C)[C@@H](C)C(=O)N[C@@H](CC(N)=O)C(=O)N2CCC[C@H]2C(=O)N[C@@H](Cc2cnc[nH]2)C(=O)N[C@@H](CC(C)C)C(=O)N2C[C@H](O)CC2(C=O)N[C@@H](Cc2c[nH]c3ccccc23)C(=O)N[C@@H](CO)C(=O)N[C@@H](Cc2c[nH]c3ccccc23)C(=O)N1C. The van der Waals surface area contributed by atoms with E-state index in [0.29, 0.717) is 56.9 Å². The van der Waals surface area contributed by atoms with E-state index < -0.39 is 247 Å². The summed E-state index contributed by atoms with van der Waals surface area (Å²) in [5.41, 5.74) is 17.3. The number of phenols is 1. The lowest BCUT2D eigenvalue weighted by Crippen LogP contribution is -2.67. The van der Waals surface area contributed by atoms with Gasteiger partial charge in [-0.1, -0.05) is 82.1 Å². The molecule has 6 heterocycles. The van der Waals surface area contributed by atoms with Crippen LogP contribution in [0.15, 0.2) is 97.7 Å². The van der Waals surface area contributed by atoms with Crippen molar-refractivity contribution in [2.75, 3.05) is 78.6 Å². The van der Waals surface area contributed by atoms with Crippen LogP contribution in [-0.4, -0.2) is 335 Å². The van der Waals surface area contributed by atoms with Crippen molar-refractivity contribution >= 4 is 140 Å². The number of aromatic nitrogens is 4. The third-order valence-electron chi connectivity index (χ3n) is 24.1. The number of nitrogens with one attached hydrogen (secondary N) is 15. The maximum Gasteiger partial charge on any atom is 0.247 e. The first kappa shape index (κ1) is 106. The molecule has 0 saturated carbocycles. The molecule has 3 aliphatic rings. The number of H-pyrrole nitrogens is 3. The van der Waals surface area contributed by atoms with Crippen molar-refractivity contribution < 1.29 is 102 Å². The number of rotatable bonds is 27. The minimum absolute atomic E-state index is 0.000160. The molecule has 15 atom stereocenters. The molecule has 46 heteroatoms. The van der Waals surface area contributed by atoms with Gasteiger partial charge in [0, 0.05) is 125 Å². The van der Waals surface area contributed by atoms with Crippen LogP contribution in [0.1, 0.15) is 121 Å². The second kappa shape index (κ2) is 50.1. The second-order valence-electron chi connectivity index (χ2n) is 34.6. The Morgan fingerprint density at radius 3 is 1.83 bits per heavy atom.